The number of nitrogens with one attached hydrogen (secondary N) is 2. The average molecular weight is 573 g/mol. The Morgan fingerprint density at radius 3 is 2.70 bits per heavy atom. The minimum atomic E-state index is -4.22. The predicted molar refractivity (Wildman–Crippen MR) is 144 cm³/mol. The molecule has 2 N–H and O–H groups in total. The molecule has 0 radical (unpaired) electrons. The van der Waals surface area contributed by atoms with Gasteiger partial charge in [0.1, 0.15) is 17.4 Å². The molecule has 40 heavy (non-hydrogen) atoms. The van der Waals surface area contributed by atoms with Crippen LogP contribution < -0.4 is 20.1 Å². The quantitative estimate of drug-likeness (QED) is 0.290. The Labute approximate surface area is 231 Å². The maximum Gasteiger partial charge on any atom is 0.323 e. The number of ketones is 1. The number of hydrogen-bond acceptors (Lipinski definition) is 8. The molecule has 2 amide bonds. The summed E-state index contributed by atoms with van der Waals surface area (Å²) in [7, 11) is -2.69. The van der Waals surface area contributed by atoms with Gasteiger partial charge < -0.3 is 25.0 Å². The molecule has 1 saturated heterocycles. The van der Waals surface area contributed by atoms with Crippen LogP contribution in [0.1, 0.15) is 43.7 Å². The second kappa shape index (κ2) is 12.0. The Balaban J connectivity index is 1.45. The number of amides is 2. The summed E-state index contributed by atoms with van der Waals surface area (Å²) in [5.74, 6) is -1.00. The number of aromatic nitrogens is 1. The number of fused-ring (bicyclic) bond motifs is 1. The van der Waals surface area contributed by atoms with E-state index in [2.05, 4.69) is 10.6 Å². The van der Waals surface area contributed by atoms with Crippen molar-refractivity contribution in [1.82, 2.24) is 14.9 Å². The van der Waals surface area contributed by atoms with Crippen LogP contribution in [0.15, 0.2) is 58.1 Å². The lowest BCUT2D eigenvalue weighted by atomic mass is 10.0. The Kier molecular flexibility index (Phi) is 8.74. The first-order valence-electron chi connectivity index (χ1n) is 12.9. The van der Waals surface area contributed by atoms with E-state index < -0.39 is 51.3 Å². The van der Waals surface area contributed by atoms with Gasteiger partial charge in [-0.15, -0.1) is 0 Å². The predicted octanol–water partition coefficient (Wildman–Crippen LogP) is 1.76. The number of pyridine rings is 1. The van der Waals surface area contributed by atoms with Crippen LogP contribution in [-0.2, 0) is 19.6 Å². The summed E-state index contributed by atoms with van der Waals surface area (Å²) in [4.78, 5) is 39.3. The first-order chi connectivity index (χ1) is 19.0. The number of methoxy groups -OCH3 is 1. The van der Waals surface area contributed by atoms with Crippen LogP contribution in [0, 0.1) is 11.1 Å². The Morgan fingerprint density at radius 1 is 1.23 bits per heavy atom. The monoisotopic (exact) mass is 572 g/mol. The molecule has 0 unspecified atom stereocenters. The van der Waals surface area contributed by atoms with E-state index in [1.165, 1.54) is 25.3 Å². The summed E-state index contributed by atoms with van der Waals surface area (Å²) in [6, 6.07) is 8.76. The largest absolute Gasteiger partial charge is 0.618 e. The summed E-state index contributed by atoms with van der Waals surface area (Å²) < 4.78 is 38.1. The summed E-state index contributed by atoms with van der Waals surface area (Å²) in [5.41, 5.74) is 0.484. The second-order valence-electron chi connectivity index (χ2n) is 10.0. The highest BCUT2D eigenvalue weighted by Crippen LogP contribution is 2.24. The highest BCUT2D eigenvalue weighted by atomic mass is 32.2. The molecule has 0 spiro atoms. The zero-order chi connectivity index (χ0) is 29.0. The van der Waals surface area contributed by atoms with E-state index in [4.69, 9.17) is 9.15 Å². The van der Waals surface area contributed by atoms with Gasteiger partial charge in [-0.25, -0.2) is 8.42 Å². The number of Topliss-reactive ketones (excluding diaryl/α,β-unsaturated/α-hetero) is 1. The van der Waals surface area contributed by atoms with Gasteiger partial charge in [-0.2, -0.15) is 9.04 Å². The van der Waals surface area contributed by atoms with Gasteiger partial charge in [0.25, 0.3) is 5.91 Å². The fourth-order valence-electron chi connectivity index (χ4n) is 4.56. The molecule has 0 aliphatic carbocycles. The highest BCUT2D eigenvalue weighted by molar-refractivity contribution is 7.89. The Bertz CT molecular complexity index is 1520. The third-order valence-corrected chi connectivity index (χ3v) is 8.44. The molecule has 3 heterocycles. The number of ether oxygens (including phenoxy) is 1. The topological polar surface area (TPSA) is 162 Å². The first kappa shape index (κ1) is 29.0. The minimum absolute atomic E-state index is 0.0122. The number of hydrogen-bond donors (Lipinski definition) is 2. The van der Waals surface area contributed by atoms with Gasteiger partial charge in [-0.3, -0.25) is 14.4 Å². The van der Waals surface area contributed by atoms with Crippen molar-refractivity contribution in [3.63, 3.8) is 0 Å². The van der Waals surface area contributed by atoms with E-state index in [0.29, 0.717) is 23.1 Å². The van der Waals surface area contributed by atoms with Crippen molar-refractivity contribution in [3.05, 3.63) is 59.6 Å². The molecule has 4 rings (SSSR count). The summed E-state index contributed by atoms with van der Waals surface area (Å²) >= 11 is 0. The van der Waals surface area contributed by atoms with Gasteiger partial charge in [-0.1, -0.05) is 13.8 Å². The molecular formula is C27H32N4O8S. The average Bonchev–Trinajstić information content (AvgIpc) is 3.25. The van der Waals surface area contributed by atoms with Gasteiger partial charge in [0.2, 0.25) is 5.91 Å². The van der Waals surface area contributed by atoms with E-state index in [-0.39, 0.29) is 35.8 Å². The molecule has 3 aromatic rings. The number of furan rings is 1. The van der Waals surface area contributed by atoms with Crippen LogP contribution >= 0.6 is 0 Å². The Hall–Kier alpha value is -3.97. The lowest BCUT2D eigenvalue weighted by Crippen LogP contribution is -2.52. The fraction of sp³-hybridized carbons (Fsp3) is 0.407. The molecule has 0 saturated carbocycles. The molecule has 1 aromatic carbocycles. The van der Waals surface area contributed by atoms with E-state index in [9.17, 15) is 28.0 Å². The molecule has 0 bridgehead atoms. The van der Waals surface area contributed by atoms with Crippen LogP contribution in [0.4, 0.5) is 0 Å². The van der Waals surface area contributed by atoms with Gasteiger partial charge in [0.15, 0.2) is 17.7 Å². The Morgan fingerprint density at radius 2 is 2.00 bits per heavy atom. The number of carbonyl (C=O) groups excluding carboxylic acids is 3. The smallest absolute Gasteiger partial charge is 0.323 e. The zero-order valence-corrected chi connectivity index (χ0v) is 23.3. The molecule has 2 aromatic heterocycles. The number of carbonyl (C=O) groups is 3. The normalized spacial score (nSPS) is 17.4. The molecule has 13 heteroatoms. The molecule has 1 fully saturated rings. The van der Waals surface area contributed by atoms with Crippen LogP contribution in [0.5, 0.6) is 5.75 Å². The van der Waals surface area contributed by atoms with Crippen molar-refractivity contribution >= 4 is 38.6 Å². The number of rotatable bonds is 9. The van der Waals surface area contributed by atoms with Gasteiger partial charge in [-0.05, 0) is 55.5 Å². The fourth-order valence-corrected chi connectivity index (χ4v) is 6.03. The van der Waals surface area contributed by atoms with Crippen LogP contribution in [0.25, 0.3) is 11.0 Å². The van der Waals surface area contributed by atoms with E-state index in [0.717, 1.165) is 10.5 Å². The molecule has 2 atom stereocenters. The number of sulfonamides is 1. The highest BCUT2D eigenvalue weighted by Gasteiger charge is 2.37. The lowest BCUT2D eigenvalue weighted by molar-refractivity contribution is -0.646. The van der Waals surface area contributed by atoms with Crippen molar-refractivity contribution in [2.75, 3.05) is 20.2 Å². The number of nitrogens with zero attached hydrogens (tertiary/aromatic N) is 2. The molecule has 1 aliphatic rings. The maximum atomic E-state index is 13.3. The third kappa shape index (κ3) is 6.42. The second-order valence-corrected chi connectivity index (χ2v) is 11.9. The zero-order valence-electron chi connectivity index (χ0n) is 22.5. The van der Waals surface area contributed by atoms with E-state index >= 15 is 0 Å². The summed E-state index contributed by atoms with van der Waals surface area (Å²) in [5, 5.41) is 17.6. The van der Waals surface area contributed by atoms with Crippen LogP contribution in [0.3, 0.4) is 0 Å². The van der Waals surface area contributed by atoms with Crippen molar-refractivity contribution in [3.8, 4) is 5.75 Å². The van der Waals surface area contributed by atoms with Crippen molar-refractivity contribution in [1.29, 1.82) is 0 Å². The maximum absolute atomic E-state index is 13.3. The van der Waals surface area contributed by atoms with Crippen LogP contribution in [-0.4, -0.2) is 62.6 Å². The molecule has 12 nitrogen and oxygen atoms in total. The first-order valence-corrected chi connectivity index (χ1v) is 14.3. The third-order valence-electron chi connectivity index (χ3n) is 6.61. The van der Waals surface area contributed by atoms with E-state index in [1.807, 2.05) is 13.8 Å². The minimum Gasteiger partial charge on any atom is -0.618 e. The molecule has 214 valence electrons. The van der Waals surface area contributed by atoms with Crippen molar-refractivity contribution in [2.45, 2.75) is 50.2 Å². The van der Waals surface area contributed by atoms with Crippen molar-refractivity contribution < 1.29 is 36.7 Å². The molecule has 1 aliphatic heterocycles. The number of benzene rings is 1. The standard InChI is InChI=1S/C27H32N4O8S/c1-17(2)13-21(29-27(34)24-15-18-14-19(38-3)9-10-23(18)39-24)26(33)28-20-7-6-11-30(16-22(20)32)40(36,37)25-8-4-5-12-31(25)35/h4-5,8-10,12,14-15,17,20-21H,6-7,11,13,16H2,1-3H3,(H,28,33)(H,29,34)/t20-,21-/m1/s1. The van der Waals surface area contributed by atoms with Gasteiger partial charge in [0, 0.05) is 24.1 Å². The van der Waals surface area contributed by atoms with Gasteiger partial charge in [0.05, 0.1) is 19.7 Å². The van der Waals surface area contributed by atoms with E-state index in [1.54, 1.807) is 24.3 Å². The van der Waals surface area contributed by atoms with Crippen LogP contribution in [0.2, 0.25) is 0 Å². The SMILES string of the molecule is COc1ccc2oc(C(=O)N[C@H](CC(C)C)C(=O)N[C@@H]3CCCN(S(=O)(=O)c4cccc[n+]4[O-])CC3=O)cc2c1. The van der Waals surface area contributed by atoms with Gasteiger partial charge >= 0.3 is 15.0 Å². The lowest BCUT2D eigenvalue weighted by Gasteiger charge is -2.23. The summed E-state index contributed by atoms with van der Waals surface area (Å²) in [6.07, 6.45) is 1.85. The molecular weight excluding hydrogens is 540 g/mol. The summed E-state index contributed by atoms with van der Waals surface area (Å²) in [6.45, 7) is 3.31. The van der Waals surface area contributed by atoms with Crippen molar-refractivity contribution in [2.24, 2.45) is 5.92 Å².